The van der Waals surface area contributed by atoms with Gasteiger partial charge in [-0.05, 0) is 42.5 Å². The lowest BCUT2D eigenvalue weighted by molar-refractivity contribution is 0.101. The van der Waals surface area contributed by atoms with Gasteiger partial charge in [0.15, 0.2) is 11.4 Å². The molecule has 0 aliphatic rings. The minimum absolute atomic E-state index is 0.113. The van der Waals surface area contributed by atoms with Crippen molar-refractivity contribution in [2.75, 3.05) is 12.4 Å². The van der Waals surface area contributed by atoms with Crippen LogP contribution in [-0.2, 0) is 0 Å². The van der Waals surface area contributed by atoms with Crippen molar-refractivity contribution in [1.29, 1.82) is 0 Å². The van der Waals surface area contributed by atoms with Crippen LogP contribution in [0.3, 0.4) is 0 Å². The van der Waals surface area contributed by atoms with Gasteiger partial charge in [0.05, 0.1) is 19.0 Å². The Morgan fingerprint density at radius 2 is 2.00 bits per heavy atom. The van der Waals surface area contributed by atoms with Gasteiger partial charge in [-0.2, -0.15) is 5.10 Å². The summed E-state index contributed by atoms with van der Waals surface area (Å²) in [5, 5.41) is 7.44. The van der Waals surface area contributed by atoms with Crippen LogP contribution in [0.15, 0.2) is 54.7 Å². The molecule has 1 N–H and O–H groups in total. The molecule has 7 heteroatoms. The summed E-state index contributed by atoms with van der Waals surface area (Å²) in [5.41, 5.74) is 1.27. The van der Waals surface area contributed by atoms with E-state index >= 15 is 0 Å². The number of methoxy groups -OCH3 is 1. The van der Waals surface area contributed by atoms with Gasteiger partial charge in [0.2, 0.25) is 0 Å². The Bertz CT molecular complexity index is 878. The molecule has 1 amide bonds. The van der Waals surface area contributed by atoms with Crippen molar-refractivity contribution in [3.05, 3.63) is 71.3 Å². The molecule has 0 bridgehead atoms. The Hall–Kier alpha value is -2.86. The average Bonchev–Trinajstić information content (AvgIpc) is 3.00. The summed E-state index contributed by atoms with van der Waals surface area (Å²) in [4.78, 5) is 12.4. The number of halogens is 2. The molecule has 5 nitrogen and oxygen atoms in total. The first-order valence-electron chi connectivity index (χ1n) is 7.03. The monoisotopic (exact) mass is 345 g/mol. The van der Waals surface area contributed by atoms with E-state index < -0.39 is 5.91 Å². The quantitative estimate of drug-likeness (QED) is 0.779. The first-order chi connectivity index (χ1) is 11.6. The zero-order valence-electron chi connectivity index (χ0n) is 12.7. The number of nitrogens with one attached hydrogen (secondary N) is 1. The molecular formula is C17H13ClFN3O2. The number of ether oxygens (including phenoxy) is 1. The van der Waals surface area contributed by atoms with Crippen LogP contribution in [0.5, 0.6) is 5.75 Å². The van der Waals surface area contributed by atoms with Crippen LogP contribution < -0.4 is 10.1 Å². The first kappa shape index (κ1) is 16.0. The molecule has 0 radical (unpaired) electrons. The van der Waals surface area contributed by atoms with Crippen LogP contribution in [0.2, 0.25) is 5.02 Å². The molecule has 0 unspecified atom stereocenters. The highest BCUT2D eigenvalue weighted by atomic mass is 35.5. The highest BCUT2D eigenvalue weighted by Crippen LogP contribution is 2.22. The third kappa shape index (κ3) is 3.38. The SMILES string of the molecule is COc1cn(-c2ccc(F)cc2)nc1C(=O)Nc1cccc(Cl)c1. The molecule has 1 aromatic heterocycles. The van der Waals surface area contributed by atoms with Crippen molar-refractivity contribution in [2.45, 2.75) is 0 Å². The molecule has 2 aromatic carbocycles. The molecule has 0 spiro atoms. The number of amides is 1. The standard InChI is InChI=1S/C17H13ClFN3O2/c1-24-15-10-22(14-7-5-12(19)6-8-14)21-16(15)17(23)20-13-4-2-3-11(18)9-13/h2-10H,1H3,(H,20,23). The molecule has 3 rings (SSSR count). The molecule has 0 aliphatic heterocycles. The largest absolute Gasteiger partial charge is 0.493 e. The van der Waals surface area contributed by atoms with Gasteiger partial charge in [0.1, 0.15) is 5.82 Å². The zero-order valence-corrected chi connectivity index (χ0v) is 13.4. The second kappa shape index (κ2) is 6.72. The minimum atomic E-state index is -0.435. The summed E-state index contributed by atoms with van der Waals surface area (Å²) in [6, 6.07) is 12.5. The fourth-order valence-electron chi connectivity index (χ4n) is 2.15. The van der Waals surface area contributed by atoms with E-state index in [1.54, 1.807) is 42.6 Å². The van der Waals surface area contributed by atoms with Crippen LogP contribution >= 0.6 is 11.6 Å². The second-order valence-electron chi connectivity index (χ2n) is 4.93. The molecule has 3 aromatic rings. The average molecular weight is 346 g/mol. The van der Waals surface area contributed by atoms with Crippen molar-refractivity contribution < 1.29 is 13.9 Å². The van der Waals surface area contributed by atoms with Gasteiger partial charge in [-0.15, -0.1) is 0 Å². The van der Waals surface area contributed by atoms with E-state index in [4.69, 9.17) is 16.3 Å². The Morgan fingerprint density at radius 3 is 2.67 bits per heavy atom. The van der Waals surface area contributed by atoms with E-state index in [1.165, 1.54) is 23.9 Å². The Kier molecular flexibility index (Phi) is 4.48. The minimum Gasteiger partial charge on any atom is -0.493 e. The number of aromatic nitrogens is 2. The summed E-state index contributed by atoms with van der Waals surface area (Å²) >= 11 is 5.90. The number of carbonyl (C=O) groups is 1. The summed E-state index contributed by atoms with van der Waals surface area (Å²) in [7, 11) is 1.45. The summed E-state index contributed by atoms with van der Waals surface area (Å²) in [5.74, 6) is -0.481. The van der Waals surface area contributed by atoms with Gasteiger partial charge in [0, 0.05) is 10.7 Å². The predicted molar refractivity (Wildman–Crippen MR) is 89.5 cm³/mol. The number of anilines is 1. The molecule has 0 saturated heterocycles. The van der Waals surface area contributed by atoms with Crippen molar-refractivity contribution in [2.24, 2.45) is 0 Å². The highest BCUT2D eigenvalue weighted by molar-refractivity contribution is 6.30. The first-order valence-corrected chi connectivity index (χ1v) is 7.41. The van der Waals surface area contributed by atoms with Crippen LogP contribution in [0, 0.1) is 5.82 Å². The normalized spacial score (nSPS) is 10.5. The van der Waals surface area contributed by atoms with Crippen molar-refractivity contribution in [3.63, 3.8) is 0 Å². The van der Waals surface area contributed by atoms with Crippen molar-refractivity contribution in [3.8, 4) is 11.4 Å². The van der Waals surface area contributed by atoms with E-state index in [1.807, 2.05) is 0 Å². The van der Waals surface area contributed by atoms with Gasteiger partial charge >= 0.3 is 0 Å². The summed E-state index contributed by atoms with van der Waals surface area (Å²) < 4.78 is 19.7. The fourth-order valence-corrected chi connectivity index (χ4v) is 2.34. The smallest absolute Gasteiger partial charge is 0.280 e. The van der Waals surface area contributed by atoms with Gasteiger partial charge < -0.3 is 10.1 Å². The molecule has 1 heterocycles. The lowest BCUT2D eigenvalue weighted by Gasteiger charge is -2.04. The maximum absolute atomic E-state index is 13.0. The van der Waals surface area contributed by atoms with Gasteiger partial charge in [-0.3, -0.25) is 4.79 Å². The number of hydrogen-bond acceptors (Lipinski definition) is 3. The van der Waals surface area contributed by atoms with E-state index in [-0.39, 0.29) is 11.5 Å². The Balaban J connectivity index is 1.89. The van der Waals surface area contributed by atoms with Crippen molar-refractivity contribution >= 4 is 23.2 Å². The molecule has 0 aliphatic carbocycles. The third-order valence-electron chi connectivity index (χ3n) is 3.29. The lowest BCUT2D eigenvalue weighted by Crippen LogP contribution is -2.14. The van der Waals surface area contributed by atoms with E-state index in [2.05, 4.69) is 10.4 Å². The van der Waals surface area contributed by atoms with Crippen LogP contribution in [0.25, 0.3) is 5.69 Å². The highest BCUT2D eigenvalue weighted by Gasteiger charge is 2.18. The molecule has 122 valence electrons. The van der Waals surface area contributed by atoms with E-state index in [0.717, 1.165) is 0 Å². The van der Waals surface area contributed by atoms with Crippen LogP contribution in [-0.4, -0.2) is 22.8 Å². The zero-order chi connectivity index (χ0) is 17.1. The number of nitrogens with zero attached hydrogens (tertiary/aromatic N) is 2. The maximum Gasteiger partial charge on any atom is 0.280 e. The topological polar surface area (TPSA) is 56.2 Å². The maximum atomic E-state index is 13.0. The van der Waals surface area contributed by atoms with Crippen LogP contribution in [0.1, 0.15) is 10.5 Å². The van der Waals surface area contributed by atoms with E-state index in [9.17, 15) is 9.18 Å². The Morgan fingerprint density at radius 1 is 1.25 bits per heavy atom. The Labute approximate surface area is 142 Å². The molecule has 0 atom stereocenters. The summed E-state index contributed by atoms with van der Waals surface area (Å²) in [6.45, 7) is 0. The van der Waals surface area contributed by atoms with Crippen molar-refractivity contribution in [1.82, 2.24) is 9.78 Å². The van der Waals surface area contributed by atoms with Gasteiger partial charge in [-0.1, -0.05) is 17.7 Å². The van der Waals surface area contributed by atoms with E-state index in [0.29, 0.717) is 22.1 Å². The van der Waals surface area contributed by atoms with Gasteiger partial charge in [0.25, 0.3) is 5.91 Å². The number of rotatable bonds is 4. The number of benzene rings is 2. The molecule has 24 heavy (non-hydrogen) atoms. The molecular weight excluding hydrogens is 333 g/mol. The van der Waals surface area contributed by atoms with Gasteiger partial charge in [-0.25, -0.2) is 9.07 Å². The predicted octanol–water partition coefficient (Wildman–Crippen LogP) is 3.93. The number of carbonyl (C=O) groups excluding carboxylic acids is 1. The summed E-state index contributed by atoms with van der Waals surface area (Å²) in [6.07, 6.45) is 1.56. The fraction of sp³-hybridized carbons (Fsp3) is 0.0588. The van der Waals surface area contributed by atoms with Crippen LogP contribution in [0.4, 0.5) is 10.1 Å². The third-order valence-corrected chi connectivity index (χ3v) is 3.52. The molecule has 0 saturated carbocycles. The lowest BCUT2D eigenvalue weighted by atomic mass is 10.3. The molecule has 0 fully saturated rings. The number of hydrogen-bond donors (Lipinski definition) is 1. The second-order valence-corrected chi connectivity index (χ2v) is 5.37.